The van der Waals surface area contributed by atoms with Crippen molar-refractivity contribution in [2.45, 2.75) is 45.3 Å². The number of Topliss-reactive ketones (excluding diaryl/α,β-unsaturated/α-hetero) is 1. The fourth-order valence-electron chi connectivity index (χ4n) is 3.26. The zero-order chi connectivity index (χ0) is 16.5. The number of carbonyl (C=O) groups excluding carboxylic acids is 1. The van der Waals surface area contributed by atoms with Crippen molar-refractivity contribution >= 4 is 28.5 Å². The van der Waals surface area contributed by atoms with Crippen LogP contribution in [0.25, 0.3) is 11.2 Å². The van der Waals surface area contributed by atoms with Crippen LogP contribution in [0.3, 0.4) is 0 Å². The number of carbonyl (C=O) groups is 1. The number of rotatable bonds is 4. The molecule has 4 heterocycles. The molecular weight excluding hydrogens is 308 g/mol. The molecule has 0 aliphatic carbocycles. The van der Waals surface area contributed by atoms with Crippen LogP contribution in [0.5, 0.6) is 0 Å². The fourth-order valence-corrected chi connectivity index (χ4v) is 3.26. The fraction of sp³-hybridized carbons (Fsp3) is 0.562. The van der Waals surface area contributed by atoms with Crippen molar-refractivity contribution < 1.29 is 9.63 Å². The number of hydrogen-bond donors (Lipinski definition) is 0. The molecule has 2 aromatic heterocycles. The van der Waals surface area contributed by atoms with Crippen molar-refractivity contribution in [1.29, 1.82) is 0 Å². The predicted octanol–water partition coefficient (Wildman–Crippen LogP) is 1.55. The normalized spacial score (nSPS) is 21.0. The molecule has 24 heavy (non-hydrogen) atoms. The number of piperidine rings is 1. The minimum Gasteiger partial charge on any atom is -0.384 e. The van der Waals surface area contributed by atoms with E-state index in [4.69, 9.17) is 4.84 Å². The molecule has 8 heteroatoms. The van der Waals surface area contributed by atoms with Crippen LogP contribution in [0, 0.1) is 0 Å². The zero-order valence-electron chi connectivity index (χ0n) is 13.7. The number of anilines is 1. The first kappa shape index (κ1) is 15.0. The van der Waals surface area contributed by atoms with Gasteiger partial charge in [-0.3, -0.25) is 4.79 Å². The van der Waals surface area contributed by atoms with Crippen molar-refractivity contribution in [3.05, 3.63) is 12.7 Å². The van der Waals surface area contributed by atoms with Gasteiger partial charge in [0.1, 0.15) is 6.33 Å². The Bertz CT molecular complexity index is 793. The SMILES string of the molecule is CC(=O)C1CC(Cn2cnc3c(N4CCCCC4)ncnc32)=NO1. The summed E-state index contributed by atoms with van der Waals surface area (Å²) in [5.41, 5.74) is 2.44. The molecule has 0 bridgehead atoms. The number of imidazole rings is 1. The van der Waals surface area contributed by atoms with E-state index in [1.165, 1.54) is 26.2 Å². The number of oxime groups is 1. The lowest BCUT2D eigenvalue weighted by atomic mass is 10.1. The van der Waals surface area contributed by atoms with Gasteiger partial charge in [0.25, 0.3) is 0 Å². The summed E-state index contributed by atoms with van der Waals surface area (Å²) in [5.74, 6) is 0.906. The average molecular weight is 328 g/mol. The summed E-state index contributed by atoms with van der Waals surface area (Å²) in [5, 5.41) is 4.03. The Morgan fingerprint density at radius 3 is 2.83 bits per heavy atom. The van der Waals surface area contributed by atoms with Crippen molar-refractivity contribution in [3.63, 3.8) is 0 Å². The maximum atomic E-state index is 11.4. The van der Waals surface area contributed by atoms with Crippen molar-refractivity contribution in [3.8, 4) is 0 Å². The highest BCUT2D eigenvalue weighted by Crippen LogP contribution is 2.25. The first-order valence-electron chi connectivity index (χ1n) is 8.35. The van der Waals surface area contributed by atoms with Crippen molar-refractivity contribution in [1.82, 2.24) is 19.5 Å². The smallest absolute Gasteiger partial charge is 0.190 e. The largest absolute Gasteiger partial charge is 0.384 e. The zero-order valence-corrected chi connectivity index (χ0v) is 13.7. The molecule has 1 saturated heterocycles. The van der Waals surface area contributed by atoms with Crippen molar-refractivity contribution in [2.24, 2.45) is 5.16 Å². The summed E-state index contributed by atoms with van der Waals surface area (Å²) >= 11 is 0. The highest BCUT2D eigenvalue weighted by Gasteiger charge is 2.26. The Labute approximate surface area is 139 Å². The quantitative estimate of drug-likeness (QED) is 0.846. The minimum absolute atomic E-state index is 0.000973. The van der Waals surface area contributed by atoms with Gasteiger partial charge in [0.2, 0.25) is 0 Å². The van der Waals surface area contributed by atoms with Crippen LogP contribution >= 0.6 is 0 Å². The molecule has 4 rings (SSSR count). The van der Waals surface area contributed by atoms with Gasteiger partial charge >= 0.3 is 0 Å². The van der Waals surface area contributed by atoms with Crippen LogP contribution in [0.2, 0.25) is 0 Å². The summed E-state index contributed by atoms with van der Waals surface area (Å²) < 4.78 is 1.94. The topological polar surface area (TPSA) is 85.5 Å². The van der Waals surface area contributed by atoms with Gasteiger partial charge in [-0.15, -0.1) is 0 Å². The van der Waals surface area contributed by atoms with E-state index in [1.807, 2.05) is 4.57 Å². The average Bonchev–Trinajstić information content (AvgIpc) is 3.23. The second-order valence-corrected chi connectivity index (χ2v) is 6.36. The molecule has 2 aliphatic heterocycles. The Morgan fingerprint density at radius 1 is 1.25 bits per heavy atom. The third-order valence-electron chi connectivity index (χ3n) is 4.57. The van der Waals surface area contributed by atoms with Crippen LogP contribution in [0.1, 0.15) is 32.6 Å². The van der Waals surface area contributed by atoms with E-state index < -0.39 is 6.10 Å². The molecule has 1 fully saturated rings. The highest BCUT2D eigenvalue weighted by molar-refractivity contribution is 5.93. The first-order valence-corrected chi connectivity index (χ1v) is 8.35. The summed E-state index contributed by atoms with van der Waals surface area (Å²) in [6.07, 6.45) is 7.08. The van der Waals surface area contributed by atoms with Crippen LogP contribution in [-0.2, 0) is 16.2 Å². The summed E-state index contributed by atoms with van der Waals surface area (Å²) in [6, 6.07) is 0. The number of ketones is 1. The minimum atomic E-state index is -0.451. The second kappa shape index (κ2) is 6.18. The first-order chi connectivity index (χ1) is 11.7. The summed E-state index contributed by atoms with van der Waals surface area (Å²) in [4.78, 5) is 32.2. The standard InChI is InChI=1S/C16H20N6O2/c1-11(23)13-7-12(20-24-13)8-22-10-19-14-15(17-9-18-16(14)22)21-5-3-2-4-6-21/h9-10,13H,2-8H2,1H3. The van der Waals surface area contributed by atoms with E-state index >= 15 is 0 Å². The molecule has 2 aromatic rings. The van der Waals surface area contributed by atoms with E-state index in [9.17, 15) is 4.79 Å². The number of hydrogen-bond acceptors (Lipinski definition) is 7. The van der Waals surface area contributed by atoms with Crippen molar-refractivity contribution in [2.75, 3.05) is 18.0 Å². The predicted molar refractivity (Wildman–Crippen MR) is 89.0 cm³/mol. The van der Waals surface area contributed by atoms with Crippen LogP contribution in [0.4, 0.5) is 5.82 Å². The van der Waals surface area contributed by atoms with E-state index in [0.29, 0.717) is 13.0 Å². The van der Waals surface area contributed by atoms with Gasteiger partial charge in [-0.05, 0) is 26.2 Å². The molecule has 0 spiro atoms. The molecule has 0 amide bonds. The van der Waals surface area contributed by atoms with Gasteiger partial charge in [-0.1, -0.05) is 5.16 Å². The molecule has 0 radical (unpaired) electrons. The van der Waals surface area contributed by atoms with E-state index in [2.05, 4.69) is 25.0 Å². The Morgan fingerprint density at radius 2 is 2.08 bits per heavy atom. The molecule has 126 valence electrons. The second-order valence-electron chi connectivity index (χ2n) is 6.36. The van der Waals surface area contributed by atoms with Gasteiger partial charge in [0.15, 0.2) is 28.9 Å². The lowest BCUT2D eigenvalue weighted by Crippen LogP contribution is -2.30. The van der Waals surface area contributed by atoms with Gasteiger partial charge < -0.3 is 14.3 Å². The highest BCUT2D eigenvalue weighted by atomic mass is 16.6. The monoisotopic (exact) mass is 328 g/mol. The van der Waals surface area contributed by atoms with Crippen LogP contribution < -0.4 is 4.90 Å². The molecule has 0 N–H and O–H groups in total. The number of nitrogens with zero attached hydrogens (tertiary/aromatic N) is 6. The Kier molecular flexibility index (Phi) is 3.87. The summed E-state index contributed by atoms with van der Waals surface area (Å²) in [6.45, 7) is 4.07. The number of fused-ring (bicyclic) bond motifs is 1. The van der Waals surface area contributed by atoms with E-state index in [-0.39, 0.29) is 5.78 Å². The van der Waals surface area contributed by atoms with Gasteiger partial charge in [0, 0.05) is 19.5 Å². The molecule has 0 aromatic carbocycles. The maximum Gasteiger partial charge on any atom is 0.190 e. The molecule has 0 saturated carbocycles. The Hall–Kier alpha value is -2.51. The van der Waals surface area contributed by atoms with E-state index in [0.717, 1.165) is 35.8 Å². The lowest BCUT2D eigenvalue weighted by Gasteiger charge is -2.27. The molecule has 8 nitrogen and oxygen atoms in total. The molecule has 2 aliphatic rings. The van der Waals surface area contributed by atoms with Crippen LogP contribution in [0.15, 0.2) is 17.8 Å². The van der Waals surface area contributed by atoms with E-state index in [1.54, 1.807) is 12.7 Å². The third kappa shape index (κ3) is 2.72. The maximum absolute atomic E-state index is 11.4. The van der Waals surface area contributed by atoms with Gasteiger partial charge in [-0.25, -0.2) is 15.0 Å². The van der Waals surface area contributed by atoms with Gasteiger partial charge in [-0.2, -0.15) is 0 Å². The Balaban J connectivity index is 1.58. The summed E-state index contributed by atoms with van der Waals surface area (Å²) in [7, 11) is 0. The molecule has 1 unspecified atom stereocenters. The molecule has 1 atom stereocenters. The molecular formula is C16H20N6O2. The third-order valence-corrected chi connectivity index (χ3v) is 4.57. The van der Waals surface area contributed by atoms with Gasteiger partial charge in [0.05, 0.1) is 18.6 Å². The number of aromatic nitrogens is 4. The van der Waals surface area contributed by atoms with Crippen LogP contribution in [-0.4, -0.2) is 50.2 Å². The lowest BCUT2D eigenvalue weighted by molar-refractivity contribution is -0.126.